The molecule has 1 aromatic heterocycles. The molecule has 26 heavy (non-hydrogen) atoms. The van der Waals surface area contributed by atoms with Gasteiger partial charge in [-0.2, -0.15) is 0 Å². The van der Waals surface area contributed by atoms with Gasteiger partial charge in [0.15, 0.2) is 5.96 Å². The largest absolute Gasteiger partial charge is 0.356 e. The molecule has 2 aromatic rings. The molecular weight excluding hydrogens is 459 g/mol. The molecule has 0 unspecified atom stereocenters. The first-order valence-corrected chi connectivity index (χ1v) is 8.95. The van der Waals surface area contributed by atoms with E-state index in [1.165, 1.54) is 5.56 Å². The Morgan fingerprint density at radius 2 is 1.96 bits per heavy atom. The van der Waals surface area contributed by atoms with E-state index in [1.54, 1.807) is 7.05 Å². The third kappa shape index (κ3) is 8.36. The summed E-state index contributed by atoms with van der Waals surface area (Å²) in [5, 5.41) is 7.54. The van der Waals surface area contributed by atoms with Crippen LogP contribution >= 0.6 is 35.6 Å². The molecule has 6 heteroatoms. The van der Waals surface area contributed by atoms with E-state index in [1.807, 2.05) is 42.6 Å². The van der Waals surface area contributed by atoms with Crippen molar-refractivity contribution in [3.63, 3.8) is 0 Å². The van der Waals surface area contributed by atoms with Gasteiger partial charge in [0, 0.05) is 43.5 Å². The van der Waals surface area contributed by atoms with Crippen LogP contribution in [-0.2, 0) is 12.8 Å². The van der Waals surface area contributed by atoms with Crippen molar-refractivity contribution in [2.45, 2.75) is 26.7 Å². The van der Waals surface area contributed by atoms with Gasteiger partial charge >= 0.3 is 0 Å². The molecule has 2 rings (SSSR count). The molecule has 0 amide bonds. The average molecular weight is 487 g/mol. The van der Waals surface area contributed by atoms with Crippen LogP contribution in [0.2, 0.25) is 5.02 Å². The van der Waals surface area contributed by atoms with Gasteiger partial charge in [0.2, 0.25) is 0 Å². The Morgan fingerprint density at radius 1 is 1.15 bits per heavy atom. The highest BCUT2D eigenvalue weighted by molar-refractivity contribution is 14.0. The van der Waals surface area contributed by atoms with Crippen LogP contribution in [-0.4, -0.2) is 31.1 Å². The van der Waals surface area contributed by atoms with E-state index < -0.39 is 0 Å². The highest BCUT2D eigenvalue weighted by Crippen LogP contribution is 2.22. The van der Waals surface area contributed by atoms with Gasteiger partial charge in [0.1, 0.15) is 0 Å². The van der Waals surface area contributed by atoms with Gasteiger partial charge in [0.05, 0.1) is 0 Å². The van der Waals surface area contributed by atoms with Crippen LogP contribution in [0.1, 0.15) is 25.1 Å². The van der Waals surface area contributed by atoms with Gasteiger partial charge in [-0.05, 0) is 41.7 Å². The fraction of sp³-hybridized carbons (Fsp3) is 0.400. The second-order valence-electron chi connectivity index (χ2n) is 6.89. The number of hydrogen-bond donors (Lipinski definition) is 2. The Labute approximate surface area is 178 Å². The Kier molecular flexibility index (Phi) is 9.94. The number of benzene rings is 1. The van der Waals surface area contributed by atoms with Crippen molar-refractivity contribution in [1.82, 2.24) is 15.6 Å². The molecule has 142 valence electrons. The second-order valence-corrected chi connectivity index (χ2v) is 7.33. The van der Waals surface area contributed by atoms with E-state index in [-0.39, 0.29) is 29.4 Å². The molecule has 0 spiro atoms. The van der Waals surface area contributed by atoms with E-state index in [4.69, 9.17) is 11.6 Å². The van der Waals surface area contributed by atoms with Gasteiger partial charge < -0.3 is 10.6 Å². The minimum atomic E-state index is 0. The van der Waals surface area contributed by atoms with Gasteiger partial charge in [-0.25, -0.2) is 0 Å². The van der Waals surface area contributed by atoms with Gasteiger partial charge in [-0.15, -0.1) is 24.0 Å². The minimum Gasteiger partial charge on any atom is -0.356 e. The van der Waals surface area contributed by atoms with Crippen molar-refractivity contribution in [1.29, 1.82) is 0 Å². The molecule has 1 heterocycles. The SMILES string of the molecule is CN=C(NCCc1ccccn1)NCC(C)(C)Cc1cccc(Cl)c1.I. The molecule has 0 saturated heterocycles. The molecule has 0 radical (unpaired) electrons. The standard InChI is InChI=1S/C20H27ClN4.HI/c1-20(2,14-16-7-6-8-17(21)13-16)15-25-19(22-3)24-12-10-18-9-4-5-11-23-18;/h4-9,11,13H,10,12,14-15H2,1-3H3,(H2,22,24,25);1H. The lowest BCUT2D eigenvalue weighted by Gasteiger charge is -2.26. The molecule has 0 saturated carbocycles. The van der Waals surface area contributed by atoms with E-state index >= 15 is 0 Å². The van der Waals surface area contributed by atoms with Crippen LogP contribution < -0.4 is 10.6 Å². The summed E-state index contributed by atoms with van der Waals surface area (Å²) in [4.78, 5) is 8.63. The minimum absolute atomic E-state index is 0. The molecule has 0 aliphatic heterocycles. The molecule has 1 aromatic carbocycles. The summed E-state index contributed by atoms with van der Waals surface area (Å²) in [5.41, 5.74) is 2.41. The number of nitrogens with zero attached hydrogens (tertiary/aromatic N) is 2. The Balaban J connectivity index is 0.00000338. The van der Waals surface area contributed by atoms with Gasteiger partial charge in [0.25, 0.3) is 0 Å². The zero-order chi connectivity index (χ0) is 18.1. The normalized spacial score (nSPS) is 11.6. The molecule has 4 nitrogen and oxygen atoms in total. The Hall–Kier alpha value is -1.34. The Morgan fingerprint density at radius 3 is 2.62 bits per heavy atom. The number of hydrogen-bond acceptors (Lipinski definition) is 2. The fourth-order valence-corrected chi connectivity index (χ4v) is 2.87. The molecular formula is C20H28ClIN4. The lowest BCUT2D eigenvalue weighted by atomic mass is 9.86. The third-order valence-electron chi connectivity index (χ3n) is 3.93. The summed E-state index contributed by atoms with van der Waals surface area (Å²) >= 11 is 6.08. The van der Waals surface area contributed by atoms with Crippen LogP contribution in [0.5, 0.6) is 0 Å². The van der Waals surface area contributed by atoms with E-state index in [0.29, 0.717) is 0 Å². The average Bonchev–Trinajstić information content (AvgIpc) is 2.58. The van der Waals surface area contributed by atoms with Crippen LogP contribution in [0, 0.1) is 5.41 Å². The molecule has 2 N–H and O–H groups in total. The number of guanidine groups is 1. The molecule has 0 atom stereocenters. The first-order chi connectivity index (χ1) is 12.0. The summed E-state index contributed by atoms with van der Waals surface area (Å²) in [7, 11) is 1.79. The van der Waals surface area contributed by atoms with Crippen LogP contribution in [0.15, 0.2) is 53.7 Å². The number of rotatable bonds is 7. The third-order valence-corrected chi connectivity index (χ3v) is 4.16. The maximum atomic E-state index is 6.08. The number of pyridine rings is 1. The topological polar surface area (TPSA) is 49.3 Å². The number of aliphatic imine (C=N–C) groups is 1. The van der Waals surface area contributed by atoms with E-state index in [0.717, 1.165) is 42.6 Å². The van der Waals surface area contributed by atoms with Crippen LogP contribution in [0.3, 0.4) is 0 Å². The highest BCUT2D eigenvalue weighted by Gasteiger charge is 2.19. The fourth-order valence-electron chi connectivity index (χ4n) is 2.66. The number of halogens is 2. The quantitative estimate of drug-likeness (QED) is 0.348. The highest BCUT2D eigenvalue weighted by atomic mass is 127. The lowest BCUT2D eigenvalue weighted by molar-refractivity contribution is 0.359. The van der Waals surface area contributed by atoms with Crippen molar-refractivity contribution < 1.29 is 0 Å². The first-order valence-electron chi connectivity index (χ1n) is 8.57. The summed E-state index contributed by atoms with van der Waals surface area (Å²) in [5.74, 6) is 0.815. The molecule has 0 fully saturated rings. The number of aromatic nitrogens is 1. The van der Waals surface area contributed by atoms with Crippen molar-refractivity contribution in [3.8, 4) is 0 Å². The number of nitrogens with one attached hydrogen (secondary N) is 2. The van der Waals surface area contributed by atoms with Crippen molar-refractivity contribution in [3.05, 3.63) is 64.9 Å². The van der Waals surface area contributed by atoms with Gasteiger partial charge in [-0.3, -0.25) is 9.98 Å². The second kappa shape index (κ2) is 11.4. The zero-order valence-corrected chi connectivity index (χ0v) is 18.7. The predicted molar refractivity (Wildman–Crippen MR) is 122 cm³/mol. The lowest BCUT2D eigenvalue weighted by Crippen LogP contribution is -2.43. The molecule has 0 aliphatic carbocycles. The van der Waals surface area contributed by atoms with E-state index in [9.17, 15) is 0 Å². The smallest absolute Gasteiger partial charge is 0.191 e. The van der Waals surface area contributed by atoms with Crippen molar-refractivity contribution in [2.24, 2.45) is 10.4 Å². The zero-order valence-electron chi connectivity index (χ0n) is 15.6. The monoisotopic (exact) mass is 486 g/mol. The maximum Gasteiger partial charge on any atom is 0.191 e. The van der Waals surface area contributed by atoms with Crippen molar-refractivity contribution in [2.75, 3.05) is 20.1 Å². The van der Waals surface area contributed by atoms with Gasteiger partial charge in [-0.1, -0.05) is 43.6 Å². The summed E-state index contributed by atoms with van der Waals surface area (Å²) in [6, 6.07) is 14.0. The summed E-state index contributed by atoms with van der Waals surface area (Å²) < 4.78 is 0. The summed E-state index contributed by atoms with van der Waals surface area (Å²) in [6.07, 6.45) is 3.64. The maximum absolute atomic E-state index is 6.08. The molecule has 0 bridgehead atoms. The first kappa shape index (κ1) is 22.7. The van der Waals surface area contributed by atoms with Crippen LogP contribution in [0.25, 0.3) is 0 Å². The Bertz CT molecular complexity index is 689. The predicted octanol–water partition coefficient (Wildman–Crippen LogP) is 4.33. The molecule has 0 aliphatic rings. The summed E-state index contributed by atoms with van der Waals surface area (Å²) in [6.45, 7) is 6.10. The van der Waals surface area contributed by atoms with Crippen LogP contribution in [0.4, 0.5) is 0 Å². The van der Waals surface area contributed by atoms with E-state index in [2.05, 4.69) is 40.5 Å². The van der Waals surface area contributed by atoms with Crippen molar-refractivity contribution >= 4 is 41.5 Å².